The van der Waals surface area contributed by atoms with Crippen LogP contribution in [-0.2, 0) is 4.79 Å². The number of halogens is 5. The van der Waals surface area contributed by atoms with Gasteiger partial charge in [0.15, 0.2) is 12.8 Å². The standard InChI is InChI=1S/C12H7BrF4O3/c13-8-3-6(15)1-5-2-7(11(18)19)10(20-9(5)8)12(16,17)4-14/h1-3,10H,4H2,(H,18,19). The van der Waals surface area contributed by atoms with E-state index in [1.165, 1.54) is 0 Å². The Morgan fingerprint density at radius 1 is 1.45 bits per heavy atom. The van der Waals surface area contributed by atoms with E-state index in [1.54, 1.807) is 0 Å². The van der Waals surface area contributed by atoms with E-state index in [-0.39, 0.29) is 15.8 Å². The molecule has 20 heavy (non-hydrogen) atoms. The van der Waals surface area contributed by atoms with E-state index >= 15 is 0 Å². The van der Waals surface area contributed by atoms with Crippen molar-refractivity contribution in [3.05, 3.63) is 33.6 Å². The van der Waals surface area contributed by atoms with Crippen molar-refractivity contribution < 1.29 is 32.2 Å². The molecule has 3 nitrogen and oxygen atoms in total. The second-order valence-electron chi connectivity index (χ2n) is 4.10. The van der Waals surface area contributed by atoms with E-state index in [4.69, 9.17) is 9.84 Å². The highest BCUT2D eigenvalue weighted by Gasteiger charge is 2.48. The molecule has 108 valence electrons. The van der Waals surface area contributed by atoms with Gasteiger partial charge in [-0.3, -0.25) is 0 Å². The molecule has 0 saturated carbocycles. The van der Waals surface area contributed by atoms with E-state index in [0.29, 0.717) is 0 Å². The minimum absolute atomic E-state index is 0.0137. The summed E-state index contributed by atoms with van der Waals surface area (Å²) in [5, 5.41) is 8.92. The Morgan fingerprint density at radius 2 is 2.10 bits per heavy atom. The molecule has 0 radical (unpaired) electrons. The first-order valence-corrected chi connectivity index (χ1v) is 6.10. The number of carboxylic acids is 1. The smallest absolute Gasteiger partial charge is 0.335 e. The van der Waals surface area contributed by atoms with Crippen molar-refractivity contribution in [1.29, 1.82) is 0 Å². The number of hydrogen-bond acceptors (Lipinski definition) is 2. The van der Waals surface area contributed by atoms with Gasteiger partial charge in [0.1, 0.15) is 11.6 Å². The fourth-order valence-electron chi connectivity index (χ4n) is 1.79. The number of ether oxygens (including phenoxy) is 1. The first-order valence-electron chi connectivity index (χ1n) is 5.30. The molecule has 0 saturated heterocycles. The Morgan fingerprint density at radius 3 is 2.65 bits per heavy atom. The first-order chi connectivity index (χ1) is 9.26. The minimum atomic E-state index is -4.00. The number of aliphatic carboxylic acids is 1. The highest BCUT2D eigenvalue weighted by atomic mass is 79.9. The average Bonchev–Trinajstić information content (AvgIpc) is 2.37. The van der Waals surface area contributed by atoms with Gasteiger partial charge in [0, 0.05) is 5.56 Å². The minimum Gasteiger partial charge on any atom is -0.478 e. The van der Waals surface area contributed by atoms with Crippen molar-refractivity contribution in [3.63, 3.8) is 0 Å². The molecule has 1 atom stereocenters. The van der Waals surface area contributed by atoms with E-state index in [2.05, 4.69) is 15.9 Å². The summed E-state index contributed by atoms with van der Waals surface area (Å²) in [6.45, 7) is -2.07. The zero-order chi connectivity index (χ0) is 15.1. The van der Waals surface area contributed by atoms with Crippen molar-refractivity contribution >= 4 is 28.0 Å². The molecule has 0 aromatic heterocycles. The molecule has 1 aliphatic heterocycles. The van der Waals surface area contributed by atoms with Gasteiger partial charge in [0.25, 0.3) is 0 Å². The quantitative estimate of drug-likeness (QED) is 0.846. The summed E-state index contributed by atoms with van der Waals surface area (Å²) in [7, 11) is 0. The van der Waals surface area contributed by atoms with Crippen LogP contribution in [0.25, 0.3) is 6.08 Å². The van der Waals surface area contributed by atoms with Crippen molar-refractivity contribution in [1.82, 2.24) is 0 Å². The van der Waals surface area contributed by atoms with Crippen LogP contribution in [0.5, 0.6) is 5.75 Å². The van der Waals surface area contributed by atoms with Crippen LogP contribution in [0.15, 0.2) is 22.2 Å². The predicted octanol–water partition coefficient (Wildman–Crippen LogP) is 3.42. The number of hydrogen-bond donors (Lipinski definition) is 1. The molecule has 1 aromatic rings. The largest absolute Gasteiger partial charge is 0.478 e. The zero-order valence-electron chi connectivity index (χ0n) is 9.67. The molecule has 0 spiro atoms. The summed E-state index contributed by atoms with van der Waals surface area (Å²) in [5.41, 5.74) is -0.849. The molecular weight excluding hydrogens is 348 g/mol. The van der Waals surface area contributed by atoms with Crippen LogP contribution in [-0.4, -0.2) is 29.8 Å². The molecular formula is C12H7BrF4O3. The van der Waals surface area contributed by atoms with Gasteiger partial charge in [-0.05, 0) is 34.1 Å². The van der Waals surface area contributed by atoms with E-state index < -0.39 is 36.1 Å². The van der Waals surface area contributed by atoms with Gasteiger partial charge >= 0.3 is 11.9 Å². The number of alkyl halides is 3. The number of carboxylic acid groups (broad SMARTS) is 1. The summed E-state index contributed by atoms with van der Waals surface area (Å²) in [5.74, 6) is -6.55. The van der Waals surface area contributed by atoms with Crippen LogP contribution >= 0.6 is 15.9 Å². The van der Waals surface area contributed by atoms with Crippen molar-refractivity contribution in [3.8, 4) is 5.75 Å². The SMILES string of the molecule is O=C(O)C1=Cc2cc(F)cc(Br)c2OC1C(F)(F)CF. The fraction of sp³-hybridized carbons (Fsp3) is 0.250. The van der Waals surface area contributed by atoms with E-state index in [0.717, 1.165) is 18.2 Å². The average molecular weight is 355 g/mol. The van der Waals surface area contributed by atoms with E-state index in [1.807, 2.05) is 0 Å². The first kappa shape index (κ1) is 14.8. The molecule has 1 aliphatic rings. The van der Waals surface area contributed by atoms with Gasteiger partial charge in [-0.1, -0.05) is 0 Å². The second kappa shape index (κ2) is 5.08. The molecule has 2 rings (SSSR count). The highest BCUT2D eigenvalue weighted by Crippen LogP contribution is 2.41. The van der Waals surface area contributed by atoms with Gasteiger partial charge in [-0.25, -0.2) is 13.6 Å². The van der Waals surface area contributed by atoms with E-state index in [9.17, 15) is 22.4 Å². The van der Waals surface area contributed by atoms with Crippen LogP contribution < -0.4 is 4.74 Å². The lowest BCUT2D eigenvalue weighted by Gasteiger charge is -2.30. The van der Waals surface area contributed by atoms with Crippen LogP contribution in [0.3, 0.4) is 0 Å². The summed E-state index contributed by atoms with van der Waals surface area (Å²) in [4.78, 5) is 11.0. The molecule has 1 N–H and O–H groups in total. The second-order valence-corrected chi connectivity index (χ2v) is 4.96. The Balaban J connectivity index is 2.59. The number of carbonyl (C=O) groups is 1. The van der Waals surface area contributed by atoms with Crippen LogP contribution in [0, 0.1) is 5.82 Å². The fourth-order valence-corrected chi connectivity index (χ4v) is 2.34. The number of benzene rings is 1. The van der Waals surface area contributed by atoms with Gasteiger partial charge in [-0.15, -0.1) is 0 Å². The normalized spacial score (nSPS) is 18.1. The molecule has 8 heteroatoms. The Bertz CT molecular complexity index is 601. The lowest BCUT2D eigenvalue weighted by molar-refractivity contribution is -0.139. The summed E-state index contributed by atoms with van der Waals surface area (Å²) < 4.78 is 57.5. The maximum Gasteiger partial charge on any atom is 0.335 e. The third-order valence-corrected chi connectivity index (χ3v) is 3.26. The molecule has 0 fully saturated rings. The molecule has 0 amide bonds. The molecule has 1 aromatic carbocycles. The third-order valence-electron chi connectivity index (χ3n) is 2.67. The number of rotatable bonds is 3. The van der Waals surface area contributed by atoms with Gasteiger partial charge in [-0.2, -0.15) is 8.78 Å². The maximum absolute atomic E-state index is 13.5. The van der Waals surface area contributed by atoms with Gasteiger partial charge in [0.2, 0.25) is 0 Å². The summed E-state index contributed by atoms with van der Waals surface area (Å²) >= 11 is 2.93. The summed E-state index contributed by atoms with van der Waals surface area (Å²) in [6, 6.07) is 1.91. The van der Waals surface area contributed by atoms with Crippen molar-refractivity contribution in [2.45, 2.75) is 12.0 Å². The molecule has 1 unspecified atom stereocenters. The van der Waals surface area contributed by atoms with Crippen LogP contribution in [0.4, 0.5) is 17.6 Å². The van der Waals surface area contributed by atoms with Crippen LogP contribution in [0.1, 0.15) is 5.56 Å². The third kappa shape index (κ3) is 2.52. The predicted molar refractivity (Wildman–Crippen MR) is 65.1 cm³/mol. The maximum atomic E-state index is 13.5. The van der Waals surface area contributed by atoms with Crippen LogP contribution in [0.2, 0.25) is 0 Å². The summed E-state index contributed by atoms with van der Waals surface area (Å²) in [6.07, 6.45) is -1.43. The number of fused-ring (bicyclic) bond motifs is 1. The molecule has 1 heterocycles. The lowest BCUT2D eigenvalue weighted by Crippen LogP contribution is -2.44. The van der Waals surface area contributed by atoms with Gasteiger partial charge < -0.3 is 9.84 Å². The highest BCUT2D eigenvalue weighted by molar-refractivity contribution is 9.10. The van der Waals surface area contributed by atoms with Crippen molar-refractivity contribution in [2.75, 3.05) is 6.67 Å². The lowest BCUT2D eigenvalue weighted by atomic mass is 9.97. The zero-order valence-corrected chi connectivity index (χ0v) is 11.3. The molecule has 0 aliphatic carbocycles. The monoisotopic (exact) mass is 354 g/mol. The Kier molecular flexibility index (Phi) is 3.77. The Labute approximate surface area is 119 Å². The topological polar surface area (TPSA) is 46.5 Å². The van der Waals surface area contributed by atoms with Crippen molar-refractivity contribution in [2.24, 2.45) is 0 Å². The Hall–Kier alpha value is -1.57. The molecule has 0 bridgehead atoms. The van der Waals surface area contributed by atoms with Gasteiger partial charge in [0.05, 0.1) is 10.0 Å².